The molecule has 130 valence electrons. The van der Waals surface area contributed by atoms with Crippen molar-refractivity contribution < 1.29 is 13.7 Å². The molecule has 4 heterocycles. The van der Waals surface area contributed by atoms with E-state index in [1.807, 2.05) is 29.6 Å². The first kappa shape index (κ1) is 16.1. The molecule has 1 saturated heterocycles. The van der Waals surface area contributed by atoms with Gasteiger partial charge >= 0.3 is 0 Å². The van der Waals surface area contributed by atoms with Crippen LogP contribution in [0.15, 0.2) is 50.9 Å². The number of nitrogens with one attached hydrogen (secondary N) is 1. The molecule has 6 nitrogen and oxygen atoms in total. The van der Waals surface area contributed by atoms with Gasteiger partial charge in [-0.05, 0) is 49.5 Å². The van der Waals surface area contributed by atoms with Gasteiger partial charge in [-0.2, -0.15) is 0 Å². The third kappa shape index (κ3) is 3.52. The average Bonchev–Trinajstić information content (AvgIpc) is 3.43. The molecule has 0 radical (unpaired) electrons. The molecular weight excluding hydrogens is 338 g/mol. The average molecular weight is 357 g/mol. The van der Waals surface area contributed by atoms with Gasteiger partial charge in [0, 0.05) is 12.6 Å². The number of aromatic nitrogens is 1. The SMILES string of the molecule is O=C(NCC(c1ccco1)N1CCCC1)c1cc(-c2cccs2)on1. The van der Waals surface area contributed by atoms with E-state index in [0.717, 1.165) is 23.7 Å². The van der Waals surface area contributed by atoms with Gasteiger partial charge in [0.1, 0.15) is 5.76 Å². The number of amides is 1. The van der Waals surface area contributed by atoms with Gasteiger partial charge in [-0.1, -0.05) is 11.2 Å². The van der Waals surface area contributed by atoms with Crippen molar-refractivity contribution >= 4 is 17.2 Å². The van der Waals surface area contributed by atoms with E-state index in [4.69, 9.17) is 8.94 Å². The molecule has 0 bridgehead atoms. The van der Waals surface area contributed by atoms with Crippen LogP contribution in [-0.4, -0.2) is 35.6 Å². The molecule has 7 heteroatoms. The molecule has 1 aliphatic heterocycles. The second-order valence-electron chi connectivity index (χ2n) is 6.04. The molecule has 1 fully saturated rings. The predicted molar refractivity (Wildman–Crippen MR) is 94.4 cm³/mol. The molecule has 0 aromatic carbocycles. The van der Waals surface area contributed by atoms with Crippen molar-refractivity contribution in [3.63, 3.8) is 0 Å². The van der Waals surface area contributed by atoms with E-state index in [1.165, 1.54) is 12.8 Å². The Morgan fingerprint density at radius 2 is 2.20 bits per heavy atom. The lowest BCUT2D eigenvalue weighted by molar-refractivity contribution is 0.0925. The van der Waals surface area contributed by atoms with Gasteiger partial charge in [0.05, 0.1) is 17.2 Å². The summed E-state index contributed by atoms with van der Waals surface area (Å²) in [6, 6.07) is 9.44. The maximum Gasteiger partial charge on any atom is 0.273 e. The summed E-state index contributed by atoms with van der Waals surface area (Å²) in [4.78, 5) is 15.7. The third-order valence-corrected chi connectivity index (χ3v) is 5.30. The van der Waals surface area contributed by atoms with E-state index in [0.29, 0.717) is 18.0 Å². The zero-order valence-electron chi connectivity index (χ0n) is 13.7. The fraction of sp³-hybridized carbons (Fsp3) is 0.333. The summed E-state index contributed by atoms with van der Waals surface area (Å²) in [5, 5.41) is 8.82. The molecular formula is C18H19N3O3S. The van der Waals surface area contributed by atoms with Crippen LogP contribution in [0.3, 0.4) is 0 Å². The topological polar surface area (TPSA) is 71.5 Å². The number of rotatable bonds is 6. The van der Waals surface area contributed by atoms with E-state index in [1.54, 1.807) is 23.7 Å². The highest BCUT2D eigenvalue weighted by Crippen LogP contribution is 2.26. The highest BCUT2D eigenvalue weighted by Gasteiger charge is 2.26. The van der Waals surface area contributed by atoms with Gasteiger partial charge in [0.25, 0.3) is 5.91 Å². The first-order valence-electron chi connectivity index (χ1n) is 8.37. The monoisotopic (exact) mass is 357 g/mol. The van der Waals surface area contributed by atoms with Crippen molar-refractivity contribution in [1.82, 2.24) is 15.4 Å². The Morgan fingerprint density at radius 3 is 2.92 bits per heavy atom. The van der Waals surface area contributed by atoms with Gasteiger partial charge < -0.3 is 14.3 Å². The minimum atomic E-state index is -0.234. The van der Waals surface area contributed by atoms with E-state index in [9.17, 15) is 4.79 Å². The molecule has 4 rings (SSSR count). The van der Waals surface area contributed by atoms with Crippen LogP contribution in [0, 0.1) is 0 Å². The summed E-state index contributed by atoms with van der Waals surface area (Å²) in [7, 11) is 0. The number of carbonyl (C=O) groups excluding carboxylic acids is 1. The third-order valence-electron chi connectivity index (χ3n) is 4.42. The van der Waals surface area contributed by atoms with Crippen LogP contribution >= 0.6 is 11.3 Å². The van der Waals surface area contributed by atoms with Crippen LogP contribution in [0.4, 0.5) is 0 Å². The summed E-state index contributed by atoms with van der Waals surface area (Å²) in [5.41, 5.74) is 0.294. The second-order valence-corrected chi connectivity index (χ2v) is 6.99. The maximum absolute atomic E-state index is 12.4. The van der Waals surface area contributed by atoms with Crippen LogP contribution < -0.4 is 5.32 Å². The highest BCUT2D eigenvalue weighted by atomic mass is 32.1. The lowest BCUT2D eigenvalue weighted by Gasteiger charge is -2.25. The van der Waals surface area contributed by atoms with Crippen molar-refractivity contribution in [1.29, 1.82) is 0 Å². The van der Waals surface area contributed by atoms with Gasteiger partial charge in [-0.15, -0.1) is 11.3 Å². The van der Waals surface area contributed by atoms with E-state index >= 15 is 0 Å². The standard InChI is InChI=1S/C18H19N3O3S/c22-18(13-11-16(24-20-13)17-6-4-10-25-17)19-12-14(15-5-3-9-23-15)21-7-1-2-8-21/h3-6,9-11,14H,1-2,7-8,12H2,(H,19,22). The van der Waals surface area contributed by atoms with Gasteiger partial charge in [0.2, 0.25) is 0 Å². The Balaban J connectivity index is 1.43. The predicted octanol–water partition coefficient (Wildman–Crippen LogP) is 3.56. The number of likely N-dealkylation sites (tertiary alicyclic amines) is 1. The van der Waals surface area contributed by atoms with E-state index in [2.05, 4.69) is 15.4 Å². The van der Waals surface area contributed by atoms with Crippen molar-refractivity contribution in [2.45, 2.75) is 18.9 Å². The number of hydrogen-bond acceptors (Lipinski definition) is 6. The van der Waals surface area contributed by atoms with Gasteiger partial charge in [0.15, 0.2) is 11.5 Å². The minimum absolute atomic E-state index is 0.0464. The number of furan rings is 1. The van der Waals surface area contributed by atoms with Crippen molar-refractivity contribution in [3.05, 3.63) is 53.4 Å². The van der Waals surface area contributed by atoms with E-state index < -0.39 is 0 Å². The van der Waals surface area contributed by atoms with E-state index in [-0.39, 0.29) is 11.9 Å². The summed E-state index contributed by atoms with van der Waals surface area (Å²) in [6.07, 6.45) is 4.03. The van der Waals surface area contributed by atoms with Crippen LogP contribution in [-0.2, 0) is 0 Å². The fourth-order valence-corrected chi connectivity index (χ4v) is 3.81. The molecule has 25 heavy (non-hydrogen) atoms. The van der Waals surface area contributed by atoms with Crippen molar-refractivity contribution in [2.75, 3.05) is 19.6 Å². The molecule has 1 unspecified atom stereocenters. The van der Waals surface area contributed by atoms with Crippen LogP contribution in [0.5, 0.6) is 0 Å². The zero-order chi connectivity index (χ0) is 17.1. The van der Waals surface area contributed by atoms with Gasteiger partial charge in [-0.3, -0.25) is 9.69 Å². The summed E-state index contributed by atoms with van der Waals surface area (Å²) >= 11 is 1.55. The number of carbonyl (C=O) groups is 1. The molecule has 1 amide bonds. The quantitative estimate of drug-likeness (QED) is 0.730. The Labute approximate surface area is 149 Å². The van der Waals surface area contributed by atoms with Crippen LogP contribution in [0.1, 0.15) is 35.1 Å². The lowest BCUT2D eigenvalue weighted by atomic mass is 10.2. The molecule has 0 saturated carbocycles. The van der Waals surface area contributed by atoms with Crippen molar-refractivity contribution in [3.8, 4) is 10.6 Å². The summed E-state index contributed by atoms with van der Waals surface area (Å²) in [5.74, 6) is 1.26. The lowest BCUT2D eigenvalue weighted by Crippen LogP contribution is -2.36. The summed E-state index contributed by atoms with van der Waals surface area (Å²) < 4.78 is 10.9. The fourth-order valence-electron chi connectivity index (χ4n) is 3.14. The van der Waals surface area contributed by atoms with Crippen LogP contribution in [0.25, 0.3) is 10.6 Å². The molecule has 3 aromatic rings. The highest BCUT2D eigenvalue weighted by molar-refractivity contribution is 7.13. The molecule has 0 aliphatic carbocycles. The Morgan fingerprint density at radius 1 is 1.32 bits per heavy atom. The molecule has 1 aliphatic rings. The number of nitrogens with zero attached hydrogens (tertiary/aromatic N) is 2. The minimum Gasteiger partial charge on any atom is -0.468 e. The first-order chi connectivity index (χ1) is 12.3. The molecule has 1 N–H and O–H groups in total. The van der Waals surface area contributed by atoms with Gasteiger partial charge in [-0.25, -0.2) is 0 Å². The largest absolute Gasteiger partial charge is 0.468 e. The Kier molecular flexibility index (Phi) is 4.67. The second kappa shape index (κ2) is 7.25. The zero-order valence-corrected chi connectivity index (χ0v) is 14.5. The van der Waals surface area contributed by atoms with Crippen molar-refractivity contribution in [2.24, 2.45) is 0 Å². The number of hydrogen-bond donors (Lipinski definition) is 1. The Hall–Kier alpha value is -2.38. The first-order valence-corrected chi connectivity index (χ1v) is 9.25. The van der Waals surface area contributed by atoms with Crippen LogP contribution in [0.2, 0.25) is 0 Å². The summed E-state index contributed by atoms with van der Waals surface area (Å²) in [6.45, 7) is 2.52. The molecule has 1 atom stereocenters. The number of thiophene rings is 1. The normalized spacial score (nSPS) is 16.2. The smallest absolute Gasteiger partial charge is 0.273 e. The molecule has 0 spiro atoms. The maximum atomic E-state index is 12.4. The Bertz CT molecular complexity index is 805. The molecule has 3 aromatic heterocycles.